The highest BCUT2D eigenvalue weighted by atomic mass is 16.5. The van der Waals surface area contributed by atoms with Gasteiger partial charge in [-0.05, 0) is 25.1 Å². The Morgan fingerprint density at radius 1 is 1.41 bits per heavy atom. The third kappa shape index (κ3) is 3.19. The first-order valence-electron chi connectivity index (χ1n) is 8.79. The molecule has 8 nitrogen and oxygen atoms in total. The van der Waals surface area contributed by atoms with Gasteiger partial charge in [-0.3, -0.25) is 4.79 Å². The number of H-pyrrole nitrogens is 1. The molecule has 8 heteroatoms. The van der Waals surface area contributed by atoms with Crippen molar-refractivity contribution >= 4 is 28.9 Å². The summed E-state index contributed by atoms with van der Waals surface area (Å²) >= 11 is 0. The third-order valence-electron chi connectivity index (χ3n) is 4.42. The number of carbonyl (C=O) groups excluding carboxylic acids is 2. The summed E-state index contributed by atoms with van der Waals surface area (Å²) in [5.74, 6) is -0.823. The van der Waals surface area contributed by atoms with Crippen molar-refractivity contribution in [1.29, 1.82) is 0 Å². The molecule has 0 saturated carbocycles. The zero-order valence-electron chi connectivity index (χ0n) is 14.9. The molecule has 4 rings (SSSR count). The number of hydrogen-bond donors (Lipinski definition) is 1. The minimum Gasteiger partial charge on any atom is -0.462 e. The molecule has 0 amide bonds. The molecular weight excluding hydrogens is 350 g/mol. The van der Waals surface area contributed by atoms with Gasteiger partial charge in [0.1, 0.15) is 5.65 Å². The second-order valence-corrected chi connectivity index (χ2v) is 6.08. The first-order chi connectivity index (χ1) is 13.2. The van der Waals surface area contributed by atoms with Crippen LogP contribution in [-0.4, -0.2) is 59.5 Å². The average molecular weight is 369 g/mol. The van der Waals surface area contributed by atoms with Crippen LogP contribution in [0.1, 0.15) is 12.5 Å². The normalized spacial score (nSPS) is 19.1. The lowest BCUT2D eigenvalue weighted by Gasteiger charge is -2.28. The number of esters is 1. The highest BCUT2D eigenvalue weighted by molar-refractivity contribution is 6.26. The van der Waals surface area contributed by atoms with Crippen LogP contribution in [-0.2, 0) is 23.8 Å². The number of ether oxygens (including phenoxy) is 3. The third-order valence-corrected chi connectivity index (χ3v) is 4.42. The van der Waals surface area contributed by atoms with E-state index in [9.17, 15) is 9.59 Å². The Kier molecular flexibility index (Phi) is 4.64. The number of pyridine rings is 1. The smallest absolute Gasteiger partial charge is 0.347 e. The summed E-state index contributed by atoms with van der Waals surface area (Å²) in [7, 11) is 0. The SMILES string of the molecule is CCOC(=O)C1=C(N2CCOCC2)OC(=Cc2c[nH]c3ncccc23)C1=O. The Balaban J connectivity index is 1.70. The second kappa shape index (κ2) is 7.24. The Bertz CT molecular complexity index is 953. The molecule has 2 aromatic heterocycles. The van der Waals surface area contributed by atoms with E-state index in [4.69, 9.17) is 14.2 Å². The van der Waals surface area contributed by atoms with E-state index in [-0.39, 0.29) is 23.8 Å². The summed E-state index contributed by atoms with van der Waals surface area (Å²) < 4.78 is 16.3. The molecule has 2 aliphatic heterocycles. The number of morpholine rings is 1. The molecule has 2 aromatic rings. The van der Waals surface area contributed by atoms with E-state index < -0.39 is 11.8 Å². The summed E-state index contributed by atoms with van der Waals surface area (Å²) in [6.45, 7) is 3.96. The molecule has 27 heavy (non-hydrogen) atoms. The number of aromatic nitrogens is 2. The first-order valence-corrected chi connectivity index (χ1v) is 8.79. The summed E-state index contributed by atoms with van der Waals surface area (Å²) in [5, 5.41) is 0.860. The standard InChI is InChI=1S/C19H19N3O5/c1-2-26-19(24)15-16(23)14(27-18(15)22-6-8-25-9-7-22)10-12-11-21-17-13(12)4-3-5-20-17/h3-5,10-11H,2,6-9H2,1H3,(H,20,21). The van der Waals surface area contributed by atoms with Crippen molar-refractivity contribution in [3.8, 4) is 0 Å². The second-order valence-electron chi connectivity index (χ2n) is 6.08. The summed E-state index contributed by atoms with van der Waals surface area (Å²) in [4.78, 5) is 34.4. The fourth-order valence-corrected chi connectivity index (χ4v) is 3.13. The van der Waals surface area contributed by atoms with Gasteiger partial charge in [-0.2, -0.15) is 0 Å². The van der Waals surface area contributed by atoms with E-state index in [1.165, 1.54) is 0 Å². The van der Waals surface area contributed by atoms with Crippen LogP contribution in [0.4, 0.5) is 0 Å². The van der Waals surface area contributed by atoms with Crippen LogP contribution >= 0.6 is 0 Å². The van der Waals surface area contributed by atoms with Crippen LogP contribution in [0.15, 0.2) is 41.7 Å². The highest BCUT2D eigenvalue weighted by Gasteiger charge is 2.39. The Labute approximate surface area is 155 Å². The van der Waals surface area contributed by atoms with Gasteiger partial charge >= 0.3 is 5.97 Å². The van der Waals surface area contributed by atoms with Gasteiger partial charge in [-0.15, -0.1) is 0 Å². The van der Waals surface area contributed by atoms with E-state index >= 15 is 0 Å². The van der Waals surface area contributed by atoms with Crippen LogP contribution in [0.25, 0.3) is 17.1 Å². The van der Waals surface area contributed by atoms with Gasteiger partial charge in [0.25, 0.3) is 0 Å². The zero-order chi connectivity index (χ0) is 18.8. The number of fused-ring (bicyclic) bond motifs is 1. The number of rotatable bonds is 4. The molecule has 4 heterocycles. The predicted molar refractivity (Wildman–Crippen MR) is 96.2 cm³/mol. The largest absolute Gasteiger partial charge is 0.462 e. The molecule has 1 N–H and O–H groups in total. The van der Waals surface area contributed by atoms with Crippen molar-refractivity contribution in [2.75, 3.05) is 32.9 Å². The number of allylic oxidation sites excluding steroid dienone is 1. The lowest BCUT2D eigenvalue weighted by atomic mass is 10.1. The molecule has 1 saturated heterocycles. The summed E-state index contributed by atoms with van der Waals surface area (Å²) in [6, 6.07) is 3.71. The number of carbonyl (C=O) groups is 2. The molecule has 140 valence electrons. The minimum atomic E-state index is -0.673. The van der Waals surface area contributed by atoms with Gasteiger partial charge in [0, 0.05) is 36.4 Å². The Morgan fingerprint density at radius 3 is 3.00 bits per heavy atom. The van der Waals surface area contributed by atoms with E-state index in [1.807, 2.05) is 17.0 Å². The fourth-order valence-electron chi connectivity index (χ4n) is 3.13. The van der Waals surface area contributed by atoms with Gasteiger partial charge in [-0.1, -0.05) is 0 Å². The maximum atomic E-state index is 12.9. The summed E-state index contributed by atoms with van der Waals surface area (Å²) in [6.07, 6.45) is 5.05. The van der Waals surface area contributed by atoms with Crippen molar-refractivity contribution in [3.63, 3.8) is 0 Å². The van der Waals surface area contributed by atoms with Crippen molar-refractivity contribution in [2.24, 2.45) is 0 Å². The van der Waals surface area contributed by atoms with Crippen LogP contribution in [0.5, 0.6) is 0 Å². The zero-order valence-corrected chi connectivity index (χ0v) is 14.9. The number of hydrogen-bond acceptors (Lipinski definition) is 7. The van der Waals surface area contributed by atoms with Gasteiger partial charge in [0.15, 0.2) is 11.3 Å². The van der Waals surface area contributed by atoms with E-state index in [0.717, 1.165) is 10.9 Å². The first kappa shape index (κ1) is 17.3. The van der Waals surface area contributed by atoms with E-state index in [1.54, 1.807) is 25.4 Å². The molecule has 0 radical (unpaired) electrons. The molecule has 0 aliphatic carbocycles. The number of Topliss-reactive ketones (excluding diaryl/α,β-unsaturated/α-hetero) is 1. The monoisotopic (exact) mass is 369 g/mol. The summed E-state index contributed by atoms with van der Waals surface area (Å²) in [5.41, 5.74) is 1.40. The highest BCUT2D eigenvalue weighted by Crippen LogP contribution is 2.31. The number of nitrogens with one attached hydrogen (secondary N) is 1. The van der Waals surface area contributed by atoms with Crippen LogP contribution in [0.2, 0.25) is 0 Å². The number of aromatic amines is 1. The topological polar surface area (TPSA) is 93.8 Å². The van der Waals surface area contributed by atoms with Crippen LogP contribution in [0.3, 0.4) is 0 Å². The molecule has 0 unspecified atom stereocenters. The predicted octanol–water partition coefficient (Wildman–Crippen LogP) is 1.61. The lowest BCUT2D eigenvalue weighted by Crippen LogP contribution is -2.36. The number of ketones is 1. The van der Waals surface area contributed by atoms with Gasteiger partial charge < -0.3 is 24.1 Å². The van der Waals surface area contributed by atoms with Crippen molar-refractivity contribution < 1.29 is 23.8 Å². The number of nitrogens with zero attached hydrogens (tertiary/aromatic N) is 2. The van der Waals surface area contributed by atoms with Crippen molar-refractivity contribution in [1.82, 2.24) is 14.9 Å². The molecular formula is C19H19N3O5. The molecule has 0 aromatic carbocycles. The average Bonchev–Trinajstić information content (AvgIpc) is 3.25. The van der Waals surface area contributed by atoms with Gasteiger partial charge in [0.2, 0.25) is 11.7 Å². The Morgan fingerprint density at radius 2 is 2.22 bits per heavy atom. The lowest BCUT2D eigenvalue weighted by molar-refractivity contribution is -0.139. The van der Waals surface area contributed by atoms with Gasteiger partial charge in [0.05, 0.1) is 19.8 Å². The van der Waals surface area contributed by atoms with E-state index in [0.29, 0.717) is 32.0 Å². The maximum absolute atomic E-state index is 12.9. The molecule has 1 fully saturated rings. The maximum Gasteiger partial charge on any atom is 0.347 e. The quantitative estimate of drug-likeness (QED) is 0.497. The fraction of sp³-hybridized carbons (Fsp3) is 0.316. The molecule has 0 bridgehead atoms. The Hall–Kier alpha value is -3.13. The van der Waals surface area contributed by atoms with Gasteiger partial charge in [-0.25, -0.2) is 9.78 Å². The van der Waals surface area contributed by atoms with Crippen molar-refractivity contribution in [3.05, 3.63) is 47.3 Å². The molecule has 0 spiro atoms. The van der Waals surface area contributed by atoms with Crippen LogP contribution in [0, 0.1) is 0 Å². The molecule has 0 atom stereocenters. The minimum absolute atomic E-state index is 0.0667. The van der Waals surface area contributed by atoms with Crippen molar-refractivity contribution in [2.45, 2.75) is 6.92 Å². The van der Waals surface area contributed by atoms with E-state index in [2.05, 4.69) is 9.97 Å². The molecule has 2 aliphatic rings. The van der Waals surface area contributed by atoms with Crippen LogP contribution < -0.4 is 0 Å².